The average molecular weight is 607 g/mol. The summed E-state index contributed by atoms with van der Waals surface area (Å²) in [5, 5.41) is 17.5. The Morgan fingerprint density at radius 1 is 0.432 bits per heavy atom. The smallest absolute Gasteiger partial charge is 0.204 e. The summed E-state index contributed by atoms with van der Waals surface area (Å²) in [6, 6.07) is 21.6. The summed E-state index contributed by atoms with van der Waals surface area (Å²) < 4.78 is 103. The predicted molar refractivity (Wildman–Crippen MR) is 152 cm³/mol. The van der Waals surface area contributed by atoms with E-state index in [0.29, 0.717) is 11.1 Å². The molecule has 0 aliphatic carbocycles. The van der Waals surface area contributed by atoms with Gasteiger partial charge < -0.3 is 19.7 Å². The fourth-order valence-corrected chi connectivity index (χ4v) is 5.07. The van der Waals surface area contributed by atoms with Crippen LogP contribution in [0.3, 0.4) is 0 Å². The lowest BCUT2D eigenvalue weighted by molar-refractivity contribution is 0.303. The van der Waals surface area contributed by atoms with Crippen LogP contribution >= 0.6 is 0 Å². The zero-order valence-corrected chi connectivity index (χ0v) is 22.5. The zero-order valence-electron chi connectivity index (χ0n) is 22.5. The Kier molecular flexibility index (Phi) is 7.42. The van der Waals surface area contributed by atoms with E-state index in [-0.39, 0.29) is 24.7 Å². The van der Waals surface area contributed by atoms with Gasteiger partial charge >= 0.3 is 0 Å². The molecule has 6 aromatic carbocycles. The minimum absolute atomic E-state index is 0.141. The van der Waals surface area contributed by atoms with E-state index < -0.39 is 79.1 Å². The summed E-state index contributed by atoms with van der Waals surface area (Å²) >= 11 is 0. The first-order valence-electron chi connectivity index (χ1n) is 13.2. The van der Waals surface area contributed by atoms with E-state index in [2.05, 4.69) is 0 Å². The van der Waals surface area contributed by atoms with Crippen LogP contribution in [0.1, 0.15) is 11.1 Å². The maximum absolute atomic E-state index is 15.8. The molecule has 2 N–H and O–H groups in total. The number of phenols is 2. The van der Waals surface area contributed by atoms with Gasteiger partial charge in [-0.1, -0.05) is 60.7 Å². The Bertz CT molecular complexity index is 1900. The highest BCUT2D eigenvalue weighted by Crippen LogP contribution is 2.50. The minimum atomic E-state index is -1.87. The van der Waals surface area contributed by atoms with Crippen molar-refractivity contribution >= 4 is 21.5 Å². The lowest BCUT2D eigenvalue weighted by Crippen LogP contribution is -2.04. The quantitative estimate of drug-likeness (QED) is 0.141. The molecule has 6 aromatic rings. The molecule has 0 saturated carbocycles. The van der Waals surface area contributed by atoms with Gasteiger partial charge in [0.15, 0.2) is 34.8 Å². The zero-order chi connectivity index (χ0) is 31.1. The number of aromatic hydroxyl groups is 2. The van der Waals surface area contributed by atoms with E-state index in [1.807, 2.05) is 0 Å². The van der Waals surface area contributed by atoms with Crippen molar-refractivity contribution in [3.8, 4) is 34.1 Å². The van der Waals surface area contributed by atoms with Crippen LogP contribution in [0.15, 0.2) is 84.9 Å². The van der Waals surface area contributed by atoms with E-state index in [1.165, 1.54) is 0 Å². The summed E-state index contributed by atoms with van der Waals surface area (Å²) in [6.45, 7) is -0.281. The molecule has 6 rings (SSSR count). The number of rotatable bonds is 7. The van der Waals surface area contributed by atoms with E-state index in [4.69, 9.17) is 9.47 Å². The lowest BCUT2D eigenvalue weighted by atomic mass is 9.90. The van der Waals surface area contributed by atoms with Gasteiger partial charge in [0.1, 0.15) is 24.7 Å². The second-order valence-corrected chi connectivity index (χ2v) is 9.85. The minimum Gasteiger partial charge on any atom is -0.503 e. The third-order valence-electron chi connectivity index (χ3n) is 7.19. The molecule has 44 heavy (non-hydrogen) atoms. The number of phenolic OH excluding ortho intramolecular Hbond substituents is 2. The molecule has 222 valence electrons. The molecule has 0 amide bonds. The molecule has 0 atom stereocenters. The van der Waals surface area contributed by atoms with Gasteiger partial charge in [0.2, 0.25) is 11.6 Å². The Hall–Kier alpha value is -5.38. The molecule has 0 aliphatic rings. The van der Waals surface area contributed by atoms with Gasteiger partial charge in [-0.2, -0.15) is 8.78 Å². The molecular formula is C34H20F6O4. The molecule has 0 bridgehead atoms. The van der Waals surface area contributed by atoms with Crippen molar-refractivity contribution in [2.75, 3.05) is 0 Å². The molecule has 0 spiro atoms. The van der Waals surface area contributed by atoms with Crippen molar-refractivity contribution < 1.29 is 46.0 Å². The van der Waals surface area contributed by atoms with Crippen LogP contribution in [0.25, 0.3) is 32.7 Å². The molecule has 0 radical (unpaired) electrons. The van der Waals surface area contributed by atoms with Gasteiger partial charge in [0, 0.05) is 32.7 Å². The maximum Gasteiger partial charge on any atom is 0.204 e. The Morgan fingerprint density at radius 2 is 0.795 bits per heavy atom. The second kappa shape index (κ2) is 11.4. The third kappa shape index (κ3) is 4.78. The number of halogens is 6. The van der Waals surface area contributed by atoms with Crippen LogP contribution in [0, 0.1) is 34.9 Å². The van der Waals surface area contributed by atoms with Crippen molar-refractivity contribution in [1.82, 2.24) is 0 Å². The van der Waals surface area contributed by atoms with E-state index >= 15 is 17.6 Å². The fourth-order valence-electron chi connectivity index (χ4n) is 5.07. The van der Waals surface area contributed by atoms with E-state index in [1.54, 1.807) is 60.7 Å². The summed E-state index contributed by atoms with van der Waals surface area (Å²) in [5.41, 5.74) is 0.344. The number of hydrogen-bond donors (Lipinski definition) is 2. The first-order chi connectivity index (χ1) is 21.2. The Balaban J connectivity index is 1.72. The number of fused-ring (bicyclic) bond motifs is 2. The van der Waals surface area contributed by atoms with Crippen LogP contribution in [0.4, 0.5) is 26.3 Å². The largest absolute Gasteiger partial charge is 0.503 e. The van der Waals surface area contributed by atoms with Gasteiger partial charge in [-0.25, -0.2) is 17.6 Å². The standard InChI is InChI=1S/C34H20F6O4/c35-27-19-11-13-21(43-15-17-7-3-1-4-8-17)25(23(19)29(37)33(41)31(27)39)26-22(44-16-18-9-5-2-6-10-18)14-12-20-24(26)30(38)34(42)32(40)28(20)36/h1-14,41-42H,15-16H2. The molecule has 4 nitrogen and oxygen atoms in total. The molecule has 0 unspecified atom stereocenters. The van der Waals surface area contributed by atoms with Crippen LogP contribution in [0.5, 0.6) is 23.0 Å². The highest BCUT2D eigenvalue weighted by molar-refractivity contribution is 6.11. The van der Waals surface area contributed by atoms with Gasteiger partial charge in [-0.3, -0.25) is 0 Å². The number of hydrogen-bond acceptors (Lipinski definition) is 4. The van der Waals surface area contributed by atoms with Crippen molar-refractivity contribution in [3.63, 3.8) is 0 Å². The summed E-state index contributed by atoms with van der Waals surface area (Å²) in [4.78, 5) is 0. The topological polar surface area (TPSA) is 58.9 Å². The molecule has 0 fully saturated rings. The van der Waals surface area contributed by atoms with Crippen molar-refractivity contribution in [1.29, 1.82) is 0 Å². The Labute approximate surface area is 246 Å². The van der Waals surface area contributed by atoms with Gasteiger partial charge in [0.05, 0.1) is 0 Å². The van der Waals surface area contributed by atoms with E-state index in [0.717, 1.165) is 24.3 Å². The number of ether oxygens (including phenoxy) is 2. The van der Waals surface area contributed by atoms with E-state index in [9.17, 15) is 19.0 Å². The van der Waals surface area contributed by atoms with Crippen molar-refractivity contribution in [2.45, 2.75) is 13.2 Å². The SMILES string of the molecule is Oc1c(F)c(F)c2ccc(OCc3ccccc3)c(-c3c(OCc4ccccc4)ccc4c(F)c(F)c(O)c(F)c34)c2c1F. The van der Waals surface area contributed by atoms with Crippen molar-refractivity contribution in [2.24, 2.45) is 0 Å². The Morgan fingerprint density at radius 3 is 1.16 bits per heavy atom. The van der Waals surface area contributed by atoms with Crippen LogP contribution in [-0.2, 0) is 13.2 Å². The predicted octanol–water partition coefficient (Wildman–Crippen LogP) is 9.06. The molecule has 0 aromatic heterocycles. The molecule has 0 heterocycles. The normalized spacial score (nSPS) is 11.3. The van der Waals surface area contributed by atoms with Crippen LogP contribution in [0.2, 0.25) is 0 Å². The van der Waals surface area contributed by atoms with Crippen LogP contribution in [-0.4, -0.2) is 10.2 Å². The van der Waals surface area contributed by atoms with Gasteiger partial charge in [-0.05, 0) is 35.4 Å². The molecule has 0 saturated heterocycles. The monoisotopic (exact) mass is 606 g/mol. The summed E-state index contributed by atoms with van der Waals surface area (Å²) in [5.74, 6) is -14.0. The first kappa shape index (κ1) is 28.7. The highest BCUT2D eigenvalue weighted by Gasteiger charge is 2.31. The second-order valence-electron chi connectivity index (χ2n) is 9.85. The number of benzene rings is 6. The average Bonchev–Trinajstić information content (AvgIpc) is 3.06. The van der Waals surface area contributed by atoms with Gasteiger partial charge in [0.25, 0.3) is 0 Å². The lowest BCUT2D eigenvalue weighted by Gasteiger charge is -2.21. The summed E-state index contributed by atoms with van der Waals surface area (Å²) in [7, 11) is 0. The highest BCUT2D eigenvalue weighted by atomic mass is 19.2. The first-order valence-corrected chi connectivity index (χ1v) is 13.2. The molecule has 10 heteroatoms. The molecular weight excluding hydrogens is 586 g/mol. The third-order valence-corrected chi connectivity index (χ3v) is 7.19. The van der Waals surface area contributed by atoms with Crippen LogP contribution < -0.4 is 9.47 Å². The fraction of sp³-hybridized carbons (Fsp3) is 0.0588. The molecule has 0 aliphatic heterocycles. The maximum atomic E-state index is 15.8. The summed E-state index contributed by atoms with van der Waals surface area (Å²) in [6.07, 6.45) is 0. The van der Waals surface area contributed by atoms with Gasteiger partial charge in [-0.15, -0.1) is 0 Å². The van der Waals surface area contributed by atoms with Crippen molar-refractivity contribution in [3.05, 3.63) is 131 Å².